The molecule has 23 heavy (non-hydrogen) atoms. The predicted octanol–water partition coefficient (Wildman–Crippen LogP) is 4.42. The van der Waals surface area contributed by atoms with E-state index in [0.717, 1.165) is 13.0 Å². The highest BCUT2D eigenvalue weighted by Gasteiger charge is 2.52. The van der Waals surface area contributed by atoms with Crippen LogP contribution in [0.4, 0.5) is 0 Å². The van der Waals surface area contributed by atoms with Gasteiger partial charge in [0, 0.05) is 24.9 Å². The fraction of sp³-hybridized carbons (Fsp3) is 0.667. The lowest BCUT2D eigenvalue weighted by molar-refractivity contribution is -0.125. The van der Waals surface area contributed by atoms with Gasteiger partial charge in [-0.1, -0.05) is 50.6 Å². The first-order chi connectivity index (χ1) is 10.9. The van der Waals surface area contributed by atoms with Gasteiger partial charge in [0.25, 0.3) is 0 Å². The van der Waals surface area contributed by atoms with E-state index in [-0.39, 0.29) is 5.92 Å². The molecule has 0 aromatic heterocycles. The van der Waals surface area contributed by atoms with Gasteiger partial charge in [-0.2, -0.15) is 0 Å². The highest BCUT2D eigenvalue weighted by atomic mass is 16.1. The zero-order valence-corrected chi connectivity index (χ0v) is 15.3. The highest BCUT2D eigenvalue weighted by Crippen LogP contribution is 2.54. The van der Waals surface area contributed by atoms with Crippen molar-refractivity contribution in [1.82, 2.24) is 4.90 Å². The number of aryl methyl sites for hydroxylation is 1. The molecule has 1 aliphatic carbocycles. The largest absolute Gasteiger partial charge is 0.302 e. The van der Waals surface area contributed by atoms with Crippen LogP contribution >= 0.6 is 0 Å². The van der Waals surface area contributed by atoms with Crippen LogP contribution in [-0.2, 0) is 4.79 Å². The molecule has 4 rings (SSSR count). The maximum atomic E-state index is 12.9. The summed E-state index contributed by atoms with van der Waals surface area (Å²) in [5, 5.41) is 0. The van der Waals surface area contributed by atoms with Crippen LogP contribution < -0.4 is 0 Å². The zero-order chi connectivity index (χ0) is 16.8. The monoisotopic (exact) mass is 313 g/mol. The lowest BCUT2D eigenvalue weighted by Gasteiger charge is -2.43. The van der Waals surface area contributed by atoms with Crippen LogP contribution in [0, 0.1) is 24.2 Å². The Labute approximate surface area is 141 Å². The van der Waals surface area contributed by atoms with E-state index in [2.05, 4.69) is 57.0 Å². The molecule has 0 N–H and O–H groups in total. The van der Waals surface area contributed by atoms with Crippen LogP contribution in [0.3, 0.4) is 0 Å². The SMILES string of the molecule is CCC(=O)[C@@H]1C2CCC(C)(CN2C)[C@@H](C)[C@@H]1c1ccc(C)cc1. The van der Waals surface area contributed by atoms with E-state index in [1.54, 1.807) is 0 Å². The normalized spacial score (nSPS) is 37.6. The molecule has 2 heterocycles. The van der Waals surface area contributed by atoms with Crippen LogP contribution in [0.1, 0.15) is 57.1 Å². The summed E-state index contributed by atoms with van der Waals surface area (Å²) in [6, 6.07) is 9.34. The number of carbonyl (C=O) groups excluding carboxylic acids is 1. The molecule has 3 fully saturated rings. The summed E-state index contributed by atoms with van der Waals surface area (Å²) in [5.74, 6) is 1.48. The summed E-state index contributed by atoms with van der Waals surface area (Å²) >= 11 is 0. The summed E-state index contributed by atoms with van der Waals surface area (Å²) in [6.45, 7) is 10.1. The maximum absolute atomic E-state index is 12.9. The highest BCUT2D eigenvalue weighted by molar-refractivity contribution is 5.82. The third kappa shape index (κ3) is 2.76. The second-order valence-corrected chi connectivity index (χ2v) is 8.25. The van der Waals surface area contributed by atoms with Gasteiger partial charge in [0.2, 0.25) is 0 Å². The summed E-state index contributed by atoms with van der Waals surface area (Å²) in [7, 11) is 2.22. The van der Waals surface area contributed by atoms with Gasteiger partial charge in [-0.15, -0.1) is 0 Å². The van der Waals surface area contributed by atoms with Gasteiger partial charge in [0.15, 0.2) is 0 Å². The Kier molecular flexibility index (Phi) is 4.39. The van der Waals surface area contributed by atoms with Crippen LogP contribution in [-0.4, -0.2) is 30.3 Å². The number of hydrogen-bond acceptors (Lipinski definition) is 2. The Bertz CT molecular complexity index is 578. The number of benzene rings is 1. The minimum Gasteiger partial charge on any atom is -0.302 e. The number of rotatable bonds is 3. The molecule has 3 aliphatic rings. The summed E-state index contributed by atoms with van der Waals surface area (Å²) in [6.07, 6.45) is 3.07. The Morgan fingerprint density at radius 2 is 1.96 bits per heavy atom. The summed E-state index contributed by atoms with van der Waals surface area (Å²) in [5.41, 5.74) is 2.96. The van der Waals surface area contributed by atoms with E-state index >= 15 is 0 Å². The van der Waals surface area contributed by atoms with Gasteiger partial charge in [-0.25, -0.2) is 0 Å². The molecule has 2 bridgehead atoms. The first-order valence-corrected chi connectivity index (χ1v) is 9.17. The molecule has 2 aliphatic heterocycles. The van der Waals surface area contributed by atoms with E-state index in [9.17, 15) is 4.79 Å². The Hall–Kier alpha value is -1.15. The zero-order valence-electron chi connectivity index (χ0n) is 15.3. The molecule has 0 radical (unpaired) electrons. The summed E-state index contributed by atoms with van der Waals surface area (Å²) < 4.78 is 0. The van der Waals surface area contributed by atoms with Gasteiger partial charge < -0.3 is 4.90 Å². The molecule has 1 saturated carbocycles. The number of carbonyl (C=O) groups is 1. The van der Waals surface area contributed by atoms with Crippen LogP contribution in [0.5, 0.6) is 0 Å². The third-order valence-corrected chi connectivity index (χ3v) is 6.81. The van der Waals surface area contributed by atoms with Crippen molar-refractivity contribution in [2.24, 2.45) is 17.3 Å². The molecule has 1 aromatic rings. The molecule has 2 nitrogen and oxygen atoms in total. The lowest BCUT2D eigenvalue weighted by Crippen LogP contribution is -2.47. The van der Waals surface area contributed by atoms with Crippen molar-refractivity contribution < 1.29 is 4.79 Å². The molecule has 0 spiro atoms. The fourth-order valence-corrected chi connectivity index (χ4v) is 5.21. The third-order valence-electron chi connectivity index (χ3n) is 6.81. The first-order valence-electron chi connectivity index (χ1n) is 9.17. The van der Waals surface area contributed by atoms with E-state index < -0.39 is 0 Å². The molecule has 2 saturated heterocycles. The van der Waals surface area contributed by atoms with Crippen LogP contribution in [0.25, 0.3) is 0 Å². The van der Waals surface area contributed by atoms with Crippen molar-refractivity contribution in [3.8, 4) is 0 Å². The standard InChI is InChI=1S/C21H31NO/c1-6-18(23)20-17-11-12-21(4,13-22(17)5)15(3)19(20)16-9-7-14(2)8-10-16/h7-10,15,17,19-20H,6,11-13H2,1-5H3/t15-,17?,19+,20-,21?/m0/s1. The molecule has 5 atom stereocenters. The average molecular weight is 313 g/mol. The second-order valence-electron chi connectivity index (χ2n) is 8.25. The van der Waals surface area contributed by atoms with Crippen molar-refractivity contribution >= 4 is 5.78 Å². The average Bonchev–Trinajstić information content (AvgIpc) is 2.68. The number of fused-ring (bicyclic) bond motifs is 4. The van der Waals surface area contributed by atoms with E-state index in [0.29, 0.717) is 35.5 Å². The minimum atomic E-state index is 0.145. The topological polar surface area (TPSA) is 20.3 Å². The molecule has 1 aromatic carbocycles. The van der Waals surface area contributed by atoms with Gasteiger partial charge in [0.05, 0.1) is 0 Å². The van der Waals surface area contributed by atoms with E-state index in [4.69, 9.17) is 0 Å². The molecule has 0 amide bonds. The Morgan fingerprint density at radius 1 is 1.30 bits per heavy atom. The number of nitrogens with zero attached hydrogens (tertiary/aromatic N) is 1. The number of piperidine rings is 1. The van der Waals surface area contributed by atoms with Gasteiger partial charge in [0.1, 0.15) is 5.78 Å². The molecule has 2 heteroatoms. The molecule has 2 unspecified atom stereocenters. The van der Waals surface area contributed by atoms with Crippen molar-refractivity contribution in [3.05, 3.63) is 35.4 Å². The van der Waals surface area contributed by atoms with Crippen molar-refractivity contribution in [3.63, 3.8) is 0 Å². The minimum absolute atomic E-state index is 0.145. The van der Waals surface area contributed by atoms with Gasteiger partial charge in [-0.3, -0.25) is 4.79 Å². The maximum Gasteiger partial charge on any atom is 0.137 e. The van der Waals surface area contributed by atoms with Crippen LogP contribution in [0.15, 0.2) is 24.3 Å². The second kappa shape index (κ2) is 6.05. The fourth-order valence-electron chi connectivity index (χ4n) is 5.21. The number of ketones is 1. The van der Waals surface area contributed by atoms with Crippen molar-refractivity contribution in [2.75, 3.05) is 13.6 Å². The first kappa shape index (κ1) is 16.7. The summed E-state index contributed by atoms with van der Waals surface area (Å²) in [4.78, 5) is 15.4. The number of Topliss-reactive ketones (excluding diaryl/α,β-unsaturated/α-hetero) is 1. The predicted molar refractivity (Wildman–Crippen MR) is 95.6 cm³/mol. The Morgan fingerprint density at radius 3 is 2.52 bits per heavy atom. The van der Waals surface area contributed by atoms with E-state index in [1.165, 1.54) is 17.5 Å². The molecular weight excluding hydrogens is 282 g/mol. The van der Waals surface area contributed by atoms with Gasteiger partial charge >= 0.3 is 0 Å². The van der Waals surface area contributed by atoms with E-state index in [1.807, 2.05) is 6.92 Å². The van der Waals surface area contributed by atoms with Crippen molar-refractivity contribution in [1.29, 1.82) is 0 Å². The molecular formula is C21H31NO. The number of hydrogen-bond donors (Lipinski definition) is 0. The lowest BCUT2D eigenvalue weighted by atomic mass is 9.66. The quantitative estimate of drug-likeness (QED) is 0.823. The van der Waals surface area contributed by atoms with Gasteiger partial charge in [-0.05, 0) is 49.6 Å². The van der Waals surface area contributed by atoms with Crippen LogP contribution in [0.2, 0.25) is 0 Å². The van der Waals surface area contributed by atoms with Crippen molar-refractivity contribution in [2.45, 2.75) is 58.9 Å². The molecule has 126 valence electrons. The Balaban J connectivity index is 2.11. The smallest absolute Gasteiger partial charge is 0.137 e.